The zero-order valence-corrected chi connectivity index (χ0v) is 15.5. The lowest BCUT2D eigenvalue weighted by Gasteiger charge is -2.38. The largest absolute Gasteiger partial charge is 0.339 e. The average molecular weight is 358 g/mol. The first-order valence-corrected chi connectivity index (χ1v) is 9.02. The second-order valence-electron chi connectivity index (χ2n) is 7.05. The zero-order valence-electron chi connectivity index (χ0n) is 14.8. The van der Waals surface area contributed by atoms with Gasteiger partial charge in [-0.25, -0.2) is 4.98 Å². The van der Waals surface area contributed by atoms with Gasteiger partial charge in [-0.1, -0.05) is 48.0 Å². The quantitative estimate of drug-likeness (QED) is 0.787. The summed E-state index contributed by atoms with van der Waals surface area (Å²) in [5.74, 6) is 0.200. The molecule has 0 atom stereocenters. The second kappa shape index (κ2) is 7.54. The van der Waals surface area contributed by atoms with Gasteiger partial charge in [0.15, 0.2) is 0 Å². The molecular weight excluding hydrogens is 334 g/mol. The Balaban J connectivity index is 1.58. The first kappa shape index (κ1) is 17.9. The summed E-state index contributed by atoms with van der Waals surface area (Å²) in [7, 11) is 0. The molecule has 1 aliphatic heterocycles. The standard InChI is InChI=1S/C20H24ClN3O/c1-20(2,17-6-4-3-5-7-17)19(25)24-12-10-23(11-13-24)15-16-8-9-18(21)22-14-16/h3-9,14H,10-13,15H2,1-2H3. The Hall–Kier alpha value is -1.91. The lowest BCUT2D eigenvalue weighted by atomic mass is 9.83. The molecule has 1 amide bonds. The van der Waals surface area contributed by atoms with Gasteiger partial charge in [-0.05, 0) is 31.0 Å². The van der Waals surface area contributed by atoms with E-state index in [0.717, 1.165) is 43.9 Å². The predicted octanol–water partition coefficient (Wildman–Crippen LogP) is 3.36. The number of amides is 1. The van der Waals surface area contributed by atoms with Crippen LogP contribution in [0.5, 0.6) is 0 Å². The molecule has 0 unspecified atom stereocenters. The minimum Gasteiger partial charge on any atom is -0.339 e. The van der Waals surface area contributed by atoms with Gasteiger partial charge in [-0.2, -0.15) is 0 Å². The van der Waals surface area contributed by atoms with Gasteiger partial charge in [-0.15, -0.1) is 0 Å². The van der Waals surface area contributed by atoms with E-state index in [2.05, 4.69) is 9.88 Å². The second-order valence-corrected chi connectivity index (χ2v) is 7.44. The highest BCUT2D eigenvalue weighted by molar-refractivity contribution is 6.29. The molecule has 0 aliphatic carbocycles. The van der Waals surface area contributed by atoms with Crippen LogP contribution in [-0.4, -0.2) is 46.9 Å². The third-order valence-electron chi connectivity index (χ3n) is 4.88. The molecule has 2 aromatic rings. The summed E-state index contributed by atoms with van der Waals surface area (Å²) >= 11 is 5.83. The van der Waals surface area contributed by atoms with Crippen molar-refractivity contribution in [2.24, 2.45) is 0 Å². The van der Waals surface area contributed by atoms with Crippen molar-refractivity contribution in [3.8, 4) is 0 Å². The number of pyridine rings is 1. The highest BCUT2D eigenvalue weighted by Gasteiger charge is 2.34. The van der Waals surface area contributed by atoms with Gasteiger partial charge in [-0.3, -0.25) is 9.69 Å². The van der Waals surface area contributed by atoms with E-state index in [-0.39, 0.29) is 5.91 Å². The predicted molar refractivity (Wildman–Crippen MR) is 101 cm³/mol. The monoisotopic (exact) mass is 357 g/mol. The number of benzene rings is 1. The Labute approximate surface area is 154 Å². The summed E-state index contributed by atoms with van der Waals surface area (Å²) in [6.45, 7) is 8.13. The molecule has 25 heavy (non-hydrogen) atoms. The maximum atomic E-state index is 13.0. The number of rotatable bonds is 4. The molecule has 0 spiro atoms. The van der Waals surface area contributed by atoms with Crippen LogP contribution in [0.4, 0.5) is 0 Å². The third kappa shape index (κ3) is 4.20. The van der Waals surface area contributed by atoms with Crippen LogP contribution in [0, 0.1) is 0 Å². The van der Waals surface area contributed by atoms with Crippen molar-refractivity contribution in [3.05, 3.63) is 64.9 Å². The van der Waals surface area contributed by atoms with Crippen molar-refractivity contribution in [1.29, 1.82) is 0 Å². The molecule has 2 heterocycles. The van der Waals surface area contributed by atoms with E-state index in [1.165, 1.54) is 0 Å². The van der Waals surface area contributed by atoms with Gasteiger partial charge < -0.3 is 4.90 Å². The summed E-state index contributed by atoms with van der Waals surface area (Å²) in [5, 5.41) is 0.516. The molecule has 5 heteroatoms. The highest BCUT2D eigenvalue weighted by Crippen LogP contribution is 2.26. The van der Waals surface area contributed by atoms with Gasteiger partial charge in [0, 0.05) is 38.9 Å². The smallest absolute Gasteiger partial charge is 0.232 e. The molecule has 3 rings (SSSR count). The fraction of sp³-hybridized carbons (Fsp3) is 0.400. The summed E-state index contributed by atoms with van der Waals surface area (Å²) < 4.78 is 0. The molecule has 0 radical (unpaired) electrons. The Morgan fingerprint density at radius 2 is 1.76 bits per heavy atom. The summed E-state index contributed by atoms with van der Waals surface area (Å²) in [5.41, 5.74) is 1.72. The summed E-state index contributed by atoms with van der Waals surface area (Å²) in [6.07, 6.45) is 1.82. The number of aromatic nitrogens is 1. The fourth-order valence-corrected chi connectivity index (χ4v) is 3.35. The Kier molecular flexibility index (Phi) is 5.40. The van der Waals surface area contributed by atoms with E-state index in [4.69, 9.17) is 11.6 Å². The van der Waals surface area contributed by atoms with Crippen molar-refractivity contribution >= 4 is 17.5 Å². The van der Waals surface area contributed by atoms with Crippen molar-refractivity contribution < 1.29 is 4.79 Å². The molecule has 1 aliphatic rings. The Morgan fingerprint density at radius 3 is 2.36 bits per heavy atom. The topological polar surface area (TPSA) is 36.4 Å². The Bertz CT molecular complexity index is 707. The molecule has 0 saturated carbocycles. The number of hydrogen-bond donors (Lipinski definition) is 0. The van der Waals surface area contributed by atoms with Crippen molar-refractivity contribution in [3.63, 3.8) is 0 Å². The molecule has 1 aromatic heterocycles. The highest BCUT2D eigenvalue weighted by atomic mass is 35.5. The van der Waals surface area contributed by atoms with Crippen molar-refractivity contribution in [1.82, 2.24) is 14.8 Å². The maximum Gasteiger partial charge on any atom is 0.232 e. The summed E-state index contributed by atoms with van der Waals surface area (Å²) in [6, 6.07) is 13.8. The number of nitrogens with zero attached hydrogens (tertiary/aromatic N) is 3. The van der Waals surface area contributed by atoms with Crippen LogP contribution < -0.4 is 0 Å². The molecule has 1 aromatic carbocycles. The van der Waals surface area contributed by atoms with E-state index in [1.54, 1.807) is 0 Å². The van der Waals surface area contributed by atoms with E-state index in [1.807, 2.05) is 67.4 Å². The zero-order chi connectivity index (χ0) is 17.9. The number of halogens is 1. The van der Waals surface area contributed by atoms with E-state index in [9.17, 15) is 4.79 Å². The van der Waals surface area contributed by atoms with Crippen LogP contribution in [0.25, 0.3) is 0 Å². The number of carbonyl (C=O) groups excluding carboxylic acids is 1. The van der Waals surface area contributed by atoms with E-state index >= 15 is 0 Å². The molecule has 4 nitrogen and oxygen atoms in total. The molecule has 0 N–H and O–H groups in total. The van der Waals surface area contributed by atoms with E-state index in [0.29, 0.717) is 5.15 Å². The van der Waals surface area contributed by atoms with Crippen molar-refractivity contribution in [2.75, 3.05) is 26.2 Å². The SMILES string of the molecule is CC(C)(C(=O)N1CCN(Cc2ccc(Cl)nc2)CC1)c1ccccc1. The van der Waals surface area contributed by atoms with Gasteiger partial charge in [0.25, 0.3) is 0 Å². The van der Waals surface area contributed by atoms with Gasteiger partial charge in [0.2, 0.25) is 5.91 Å². The number of piperazine rings is 1. The van der Waals surface area contributed by atoms with Crippen LogP contribution in [0.3, 0.4) is 0 Å². The third-order valence-corrected chi connectivity index (χ3v) is 5.11. The maximum absolute atomic E-state index is 13.0. The fourth-order valence-electron chi connectivity index (χ4n) is 3.24. The molecule has 0 bridgehead atoms. The molecule has 1 saturated heterocycles. The molecular formula is C20H24ClN3O. The Morgan fingerprint density at radius 1 is 1.08 bits per heavy atom. The minimum absolute atomic E-state index is 0.200. The number of carbonyl (C=O) groups is 1. The van der Waals surface area contributed by atoms with Crippen LogP contribution in [0.1, 0.15) is 25.0 Å². The van der Waals surface area contributed by atoms with Gasteiger partial charge in [0.05, 0.1) is 5.41 Å². The minimum atomic E-state index is -0.496. The van der Waals surface area contributed by atoms with Crippen molar-refractivity contribution in [2.45, 2.75) is 25.8 Å². The first-order chi connectivity index (χ1) is 12.0. The van der Waals surface area contributed by atoms with Crippen LogP contribution in [-0.2, 0) is 16.8 Å². The molecule has 132 valence electrons. The number of hydrogen-bond acceptors (Lipinski definition) is 3. The van der Waals surface area contributed by atoms with Gasteiger partial charge >= 0.3 is 0 Å². The average Bonchev–Trinajstić information content (AvgIpc) is 2.64. The summed E-state index contributed by atoms with van der Waals surface area (Å²) in [4.78, 5) is 21.5. The molecule has 1 fully saturated rings. The normalized spacial score (nSPS) is 16.0. The first-order valence-electron chi connectivity index (χ1n) is 8.64. The van der Waals surface area contributed by atoms with Crippen LogP contribution in [0.2, 0.25) is 5.15 Å². The van der Waals surface area contributed by atoms with Crippen LogP contribution >= 0.6 is 11.6 Å². The lowest BCUT2D eigenvalue weighted by Crippen LogP contribution is -2.52. The van der Waals surface area contributed by atoms with E-state index < -0.39 is 5.41 Å². The van der Waals surface area contributed by atoms with Gasteiger partial charge in [0.1, 0.15) is 5.15 Å². The van der Waals surface area contributed by atoms with Crippen LogP contribution in [0.15, 0.2) is 48.7 Å². The lowest BCUT2D eigenvalue weighted by molar-refractivity contribution is -0.138.